The van der Waals surface area contributed by atoms with Crippen LogP contribution in [-0.4, -0.2) is 42.2 Å². The quantitative estimate of drug-likeness (QED) is 0.558. The van der Waals surface area contributed by atoms with E-state index in [1.165, 1.54) is 0 Å². The Morgan fingerprint density at radius 2 is 1.68 bits per heavy atom. The van der Waals surface area contributed by atoms with Crippen molar-refractivity contribution < 1.29 is 29.3 Å². The number of carbonyl (C=O) groups is 2. The van der Waals surface area contributed by atoms with Gasteiger partial charge in [0.25, 0.3) is 0 Å². The summed E-state index contributed by atoms with van der Waals surface area (Å²) in [6.45, 7) is 0. The fourth-order valence-electron chi connectivity index (χ4n) is 3.51. The van der Waals surface area contributed by atoms with E-state index in [9.17, 15) is 9.59 Å². The molecule has 6 nitrogen and oxygen atoms in total. The van der Waals surface area contributed by atoms with Gasteiger partial charge in [-0.1, -0.05) is 42.0 Å². The molecule has 0 bridgehead atoms. The Bertz CT molecular complexity index is 745. The summed E-state index contributed by atoms with van der Waals surface area (Å²) >= 11 is 0. The molecule has 1 unspecified atom stereocenters. The number of aryl methyl sites for hydroxylation is 1. The minimum atomic E-state index is -0.935. The van der Waals surface area contributed by atoms with Crippen molar-refractivity contribution in [3.05, 3.63) is 59.2 Å². The van der Waals surface area contributed by atoms with E-state index in [1.807, 2.05) is 30.4 Å². The lowest BCUT2D eigenvalue weighted by atomic mass is 9.82. The van der Waals surface area contributed by atoms with E-state index in [0.717, 1.165) is 16.7 Å². The number of ether oxygens (including phenoxy) is 2. The fourth-order valence-corrected chi connectivity index (χ4v) is 3.51. The lowest BCUT2D eigenvalue weighted by Crippen LogP contribution is -2.39. The number of benzene rings is 1. The molecule has 0 radical (unpaired) electrons. The highest BCUT2D eigenvalue weighted by Gasteiger charge is 2.39. The van der Waals surface area contributed by atoms with Gasteiger partial charge in [0.1, 0.15) is 0 Å². The third kappa shape index (κ3) is 5.78. The van der Waals surface area contributed by atoms with Crippen LogP contribution in [0.5, 0.6) is 0 Å². The number of aliphatic carboxylic acids is 2. The van der Waals surface area contributed by atoms with Crippen molar-refractivity contribution in [1.82, 2.24) is 0 Å². The third-order valence-electron chi connectivity index (χ3n) is 5.00. The first-order valence-electron chi connectivity index (χ1n) is 9.43. The van der Waals surface area contributed by atoms with Crippen LogP contribution < -0.4 is 0 Å². The van der Waals surface area contributed by atoms with Crippen molar-refractivity contribution in [2.75, 3.05) is 14.2 Å². The van der Waals surface area contributed by atoms with Gasteiger partial charge in [0, 0.05) is 27.1 Å². The standard InChI is InChI=1S/C22H28O6/c1-27-22(28-2)13-12-17(8-5-11-21(25)26)15-19(22)18-9-3-6-16(14-18)7-4-10-20(23)24/h3,6,9,12-15,19H,4-5,7-8,10-11H2,1-2H3,(H,23,24)(H,25,26). The summed E-state index contributed by atoms with van der Waals surface area (Å²) in [4.78, 5) is 21.5. The molecule has 0 spiro atoms. The molecule has 2 N–H and O–H groups in total. The molecule has 152 valence electrons. The van der Waals surface area contributed by atoms with E-state index in [-0.39, 0.29) is 18.8 Å². The molecule has 0 fully saturated rings. The van der Waals surface area contributed by atoms with E-state index in [1.54, 1.807) is 14.2 Å². The summed E-state index contributed by atoms with van der Waals surface area (Å²) < 4.78 is 11.4. The SMILES string of the molecule is COC1(OC)C=CC(CCCC(=O)O)=CC1c1cccc(CCCC(=O)O)c1. The van der Waals surface area contributed by atoms with Crippen LogP contribution >= 0.6 is 0 Å². The van der Waals surface area contributed by atoms with Crippen molar-refractivity contribution in [2.24, 2.45) is 0 Å². The zero-order valence-electron chi connectivity index (χ0n) is 16.4. The van der Waals surface area contributed by atoms with Crippen molar-refractivity contribution in [3.63, 3.8) is 0 Å². The fraction of sp³-hybridized carbons (Fsp3) is 0.455. The summed E-state index contributed by atoms with van der Waals surface area (Å²) in [6, 6.07) is 8.01. The van der Waals surface area contributed by atoms with E-state index in [2.05, 4.69) is 12.1 Å². The van der Waals surface area contributed by atoms with Crippen molar-refractivity contribution >= 4 is 11.9 Å². The zero-order valence-corrected chi connectivity index (χ0v) is 16.4. The molecule has 28 heavy (non-hydrogen) atoms. The Morgan fingerprint density at radius 3 is 2.29 bits per heavy atom. The van der Waals surface area contributed by atoms with Gasteiger partial charge in [-0.25, -0.2) is 0 Å². The predicted molar refractivity (Wildman–Crippen MR) is 105 cm³/mol. The van der Waals surface area contributed by atoms with Gasteiger partial charge in [-0.2, -0.15) is 0 Å². The number of carboxylic acid groups (broad SMARTS) is 2. The van der Waals surface area contributed by atoms with Crippen LogP contribution in [0.2, 0.25) is 0 Å². The maximum Gasteiger partial charge on any atom is 0.303 e. The molecule has 1 aromatic rings. The molecule has 1 atom stereocenters. The van der Waals surface area contributed by atoms with Gasteiger partial charge in [0.2, 0.25) is 0 Å². The molecule has 6 heteroatoms. The van der Waals surface area contributed by atoms with Gasteiger partial charge in [-0.3, -0.25) is 9.59 Å². The molecule has 0 aromatic heterocycles. The van der Waals surface area contributed by atoms with Gasteiger partial charge in [0.15, 0.2) is 5.79 Å². The highest BCUT2D eigenvalue weighted by atomic mass is 16.7. The lowest BCUT2D eigenvalue weighted by molar-refractivity contribution is -0.179. The molecule has 0 saturated heterocycles. The Labute approximate surface area is 165 Å². The van der Waals surface area contributed by atoms with E-state index < -0.39 is 17.7 Å². The van der Waals surface area contributed by atoms with Gasteiger partial charge >= 0.3 is 11.9 Å². The van der Waals surface area contributed by atoms with E-state index in [0.29, 0.717) is 25.7 Å². The molecule has 0 saturated carbocycles. The number of allylic oxidation sites excluding steroid dienone is 2. The Kier molecular flexibility index (Phi) is 7.96. The first-order chi connectivity index (χ1) is 13.4. The topological polar surface area (TPSA) is 93.1 Å². The third-order valence-corrected chi connectivity index (χ3v) is 5.00. The number of methoxy groups -OCH3 is 2. The largest absolute Gasteiger partial charge is 0.481 e. The molecule has 2 rings (SSSR count). The number of rotatable bonds is 11. The second-order valence-corrected chi connectivity index (χ2v) is 6.92. The zero-order chi connectivity index (χ0) is 20.6. The number of hydrogen-bond acceptors (Lipinski definition) is 4. The predicted octanol–water partition coefficient (Wildman–Crippen LogP) is 3.92. The second kappa shape index (κ2) is 10.2. The second-order valence-electron chi connectivity index (χ2n) is 6.92. The number of hydrogen-bond donors (Lipinski definition) is 2. The van der Waals surface area contributed by atoms with Crippen LogP contribution in [0.1, 0.15) is 49.1 Å². The average molecular weight is 388 g/mol. The maximum atomic E-state index is 10.8. The monoisotopic (exact) mass is 388 g/mol. The van der Waals surface area contributed by atoms with E-state index in [4.69, 9.17) is 19.7 Å². The Hall–Kier alpha value is -2.44. The first kappa shape index (κ1) is 21.9. The molecular weight excluding hydrogens is 360 g/mol. The summed E-state index contributed by atoms with van der Waals surface area (Å²) in [5, 5.41) is 17.7. The Morgan fingerprint density at radius 1 is 1.04 bits per heavy atom. The molecule has 1 aliphatic rings. The minimum Gasteiger partial charge on any atom is -0.481 e. The molecule has 0 amide bonds. The van der Waals surface area contributed by atoms with Gasteiger partial charge in [-0.15, -0.1) is 0 Å². The summed E-state index contributed by atoms with van der Waals surface area (Å²) in [5.74, 6) is -2.71. The normalized spacial score (nSPS) is 17.9. The summed E-state index contributed by atoms with van der Waals surface area (Å²) in [5.41, 5.74) is 3.12. The molecular formula is C22H28O6. The highest BCUT2D eigenvalue weighted by Crippen LogP contribution is 2.39. The lowest BCUT2D eigenvalue weighted by Gasteiger charge is -2.37. The van der Waals surface area contributed by atoms with Gasteiger partial charge in [0.05, 0.1) is 5.92 Å². The Balaban J connectivity index is 2.23. The summed E-state index contributed by atoms with van der Waals surface area (Å²) in [6.07, 6.45) is 8.67. The molecule has 0 aliphatic heterocycles. The summed E-state index contributed by atoms with van der Waals surface area (Å²) in [7, 11) is 3.20. The maximum absolute atomic E-state index is 10.8. The van der Waals surface area contributed by atoms with Gasteiger partial charge in [-0.05, 0) is 42.9 Å². The van der Waals surface area contributed by atoms with Crippen LogP contribution in [0.15, 0.2) is 48.1 Å². The van der Waals surface area contributed by atoms with Crippen molar-refractivity contribution in [2.45, 2.75) is 50.2 Å². The molecule has 1 aromatic carbocycles. The smallest absolute Gasteiger partial charge is 0.303 e. The highest BCUT2D eigenvalue weighted by molar-refractivity contribution is 5.67. The van der Waals surface area contributed by atoms with Crippen LogP contribution in [-0.2, 0) is 25.5 Å². The number of carboxylic acids is 2. The van der Waals surface area contributed by atoms with Crippen LogP contribution in [0.25, 0.3) is 0 Å². The van der Waals surface area contributed by atoms with Crippen molar-refractivity contribution in [3.8, 4) is 0 Å². The first-order valence-corrected chi connectivity index (χ1v) is 9.43. The minimum absolute atomic E-state index is 0.134. The van der Waals surface area contributed by atoms with Crippen LogP contribution in [0.4, 0.5) is 0 Å². The van der Waals surface area contributed by atoms with E-state index >= 15 is 0 Å². The average Bonchev–Trinajstić information content (AvgIpc) is 2.68. The van der Waals surface area contributed by atoms with Crippen molar-refractivity contribution in [1.29, 1.82) is 0 Å². The van der Waals surface area contributed by atoms with Crippen LogP contribution in [0.3, 0.4) is 0 Å². The molecule has 1 aliphatic carbocycles. The van der Waals surface area contributed by atoms with Crippen LogP contribution in [0, 0.1) is 0 Å². The van der Waals surface area contributed by atoms with Gasteiger partial charge < -0.3 is 19.7 Å². The molecule has 0 heterocycles.